The molecule has 1 aliphatic carbocycles. The molecular formula is C15H30N2S. The molecule has 2 nitrogen and oxygen atoms in total. The average molecular weight is 270 g/mol. The third kappa shape index (κ3) is 3.88. The van der Waals surface area contributed by atoms with Crippen LogP contribution in [0.2, 0.25) is 0 Å². The SMILES string of the molecule is CSCCN1CC(C)(C)NCC1C1CCCCC1. The highest BCUT2D eigenvalue weighted by Crippen LogP contribution is 2.31. The number of hydrogen-bond acceptors (Lipinski definition) is 3. The maximum atomic E-state index is 3.76. The number of thioether (sulfide) groups is 1. The van der Waals surface area contributed by atoms with E-state index in [2.05, 4.69) is 30.3 Å². The molecule has 2 fully saturated rings. The summed E-state index contributed by atoms with van der Waals surface area (Å²) in [6.45, 7) is 8.38. The molecular weight excluding hydrogens is 240 g/mol. The highest BCUT2D eigenvalue weighted by molar-refractivity contribution is 7.98. The quantitative estimate of drug-likeness (QED) is 0.845. The van der Waals surface area contributed by atoms with E-state index in [1.165, 1.54) is 57.5 Å². The van der Waals surface area contributed by atoms with Crippen LogP contribution in [-0.2, 0) is 0 Å². The van der Waals surface area contributed by atoms with Crippen LogP contribution in [-0.4, -0.2) is 48.1 Å². The van der Waals surface area contributed by atoms with E-state index in [1.54, 1.807) is 0 Å². The topological polar surface area (TPSA) is 15.3 Å². The minimum Gasteiger partial charge on any atom is -0.309 e. The highest BCUT2D eigenvalue weighted by atomic mass is 32.2. The molecule has 1 N–H and O–H groups in total. The molecule has 1 aliphatic heterocycles. The van der Waals surface area contributed by atoms with Crippen molar-refractivity contribution in [3.05, 3.63) is 0 Å². The number of piperazine rings is 1. The molecule has 0 aromatic heterocycles. The van der Waals surface area contributed by atoms with E-state index in [4.69, 9.17) is 0 Å². The lowest BCUT2D eigenvalue weighted by molar-refractivity contribution is 0.0533. The standard InChI is InChI=1S/C15H30N2S/c1-15(2)12-17(9-10-18-3)14(11-16-15)13-7-5-4-6-8-13/h13-14,16H,4-12H2,1-3H3. The molecule has 1 saturated heterocycles. The first kappa shape index (κ1) is 14.7. The van der Waals surface area contributed by atoms with Crippen molar-refractivity contribution in [3.63, 3.8) is 0 Å². The zero-order valence-corrected chi connectivity index (χ0v) is 13.2. The second kappa shape index (κ2) is 6.62. The van der Waals surface area contributed by atoms with E-state index < -0.39 is 0 Å². The van der Waals surface area contributed by atoms with Crippen LogP contribution in [0.3, 0.4) is 0 Å². The van der Waals surface area contributed by atoms with Gasteiger partial charge in [0, 0.05) is 37.0 Å². The Labute approximate surface area is 117 Å². The Kier molecular flexibility index (Phi) is 5.40. The van der Waals surface area contributed by atoms with E-state index in [1.807, 2.05) is 11.8 Å². The van der Waals surface area contributed by atoms with Crippen molar-refractivity contribution in [3.8, 4) is 0 Å². The van der Waals surface area contributed by atoms with Crippen LogP contribution >= 0.6 is 11.8 Å². The summed E-state index contributed by atoms with van der Waals surface area (Å²) in [5, 5.41) is 3.76. The van der Waals surface area contributed by atoms with Crippen molar-refractivity contribution in [1.29, 1.82) is 0 Å². The fourth-order valence-electron chi connectivity index (χ4n) is 3.63. The molecule has 1 unspecified atom stereocenters. The zero-order valence-electron chi connectivity index (χ0n) is 12.4. The summed E-state index contributed by atoms with van der Waals surface area (Å²) in [5.41, 5.74) is 0.295. The van der Waals surface area contributed by atoms with Gasteiger partial charge in [0.25, 0.3) is 0 Å². The van der Waals surface area contributed by atoms with E-state index in [9.17, 15) is 0 Å². The van der Waals surface area contributed by atoms with Crippen molar-refractivity contribution < 1.29 is 0 Å². The minimum absolute atomic E-state index is 0.295. The normalized spacial score (nSPS) is 30.5. The minimum atomic E-state index is 0.295. The van der Waals surface area contributed by atoms with Gasteiger partial charge in [0.1, 0.15) is 0 Å². The van der Waals surface area contributed by atoms with Crippen molar-refractivity contribution in [2.24, 2.45) is 5.92 Å². The summed E-state index contributed by atoms with van der Waals surface area (Å²) in [6, 6.07) is 0.797. The van der Waals surface area contributed by atoms with Crippen LogP contribution in [0, 0.1) is 5.92 Å². The summed E-state index contributed by atoms with van der Waals surface area (Å²) < 4.78 is 0. The lowest BCUT2D eigenvalue weighted by atomic mass is 9.81. The molecule has 0 aromatic carbocycles. The summed E-state index contributed by atoms with van der Waals surface area (Å²) in [6.07, 6.45) is 9.53. The van der Waals surface area contributed by atoms with E-state index in [-0.39, 0.29) is 0 Å². The van der Waals surface area contributed by atoms with E-state index >= 15 is 0 Å². The molecule has 0 bridgehead atoms. The van der Waals surface area contributed by atoms with Crippen molar-refractivity contribution >= 4 is 11.8 Å². The van der Waals surface area contributed by atoms with Gasteiger partial charge in [-0.1, -0.05) is 19.3 Å². The molecule has 0 amide bonds. The van der Waals surface area contributed by atoms with Crippen molar-refractivity contribution in [2.75, 3.05) is 31.6 Å². The van der Waals surface area contributed by atoms with Gasteiger partial charge in [-0.25, -0.2) is 0 Å². The second-order valence-corrected chi connectivity index (χ2v) is 7.68. The van der Waals surface area contributed by atoms with Crippen molar-refractivity contribution in [1.82, 2.24) is 10.2 Å². The highest BCUT2D eigenvalue weighted by Gasteiger charge is 2.36. The monoisotopic (exact) mass is 270 g/mol. The first-order valence-corrected chi connectivity index (χ1v) is 9.00. The number of rotatable bonds is 4. The molecule has 1 heterocycles. The van der Waals surface area contributed by atoms with Crippen LogP contribution in [0.4, 0.5) is 0 Å². The zero-order chi connectivity index (χ0) is 13.0. The molecule has 106 valence electrons. The number of nitrogens with one attached hydrogen (secondary N) is 1. The molecule has 0 spiro atoms. The fourth-order valence-corrected chi connectivity index (χ4v) is 4.05. The van der Waals surface area contributed by atoms with Gasteiger partial charge in [-0.05, 0) is 38.9 Å². The molecule has 0 aromatic rings. The lowest BCUT2D eigenvalue weighted by Gasteiger charge is -2.48. The van der Waals surface area contributed by atoms with E-state index in [0.717, 1.165) is 12.0 Å². The van der Waals surface area contributed by atoms with Crippen molar-refractivity contribution in [2.45, 2.75) is 57.5 Å². The summed E-state index contributed by atoms with van der Waals surface area (Å²) in [5.74, 6) is 2.23. The van der Waals surface area contributed by atoms with Crippen LogP contribution in [0.25, 0.3) is 0 Å². The summed E-state index contributed by atoms with van der Waals surface area (Å²) in [4.78, 5) is 2.78. The maximum absolute atomic E-state index is 3.76. The Morgan fingerprint density at radius 2 is 1.94 bits per heavy atom. The van der Waals surface area contributed by atoms with Gasteiger partial charge < -0.3 is 5.32 Å². The number of nitrogens with zero attached hydrogens (tertiary/aromatic N) is 1. The molecule has 1 saturated carbocycles. The van der Waals surface area contributed by atoms with Gasteiger partial charge in [0.05, 0.1) is 0 Å². The Balaban J connectivity index is 1.96. The average Bonchev–Trinajstić information content (AvgIpc) is 2.36. The van der Waals surface area contributed by atoms with Gasteiger partial charge in [-0.15, -0.1) is 0 Å². The largest absolute Gasteiger partial charge is 0.309 e. The Morgan fingerprint density at radius 1 is 1.22 bits per heavy atom. The van der Waals surface area contributed by atoms with Gasteiger partial charge in [0.2, 0.25) is 0 Å². The first-order chi connectivity index (χ1) is 8.62. The first-order valence-electron chi connectivity index (χ1n) is 7.60. The second-order valence-electron chi connectivity index (χ2n) is 6.69. The fraction of sp³-hybridized carbons (Fsp3) is 1.00. The lowest BCUT2D eigenvalue weighted by Crippen LogP contribution is -2.63. The van der Waals surface area contributed by atoms with Gasteiger partial charge >= 0.3 is 0 Å². The van der Waals surface area contributed by atoms with Crippen LogP contribution in [0.5, 0.6) is 0 Å². The Hall–Kier alpha value is 0.270. The summed E-state index contributed by atoms with van der Waals surface area (Å²) >= 11 is 1.98. The smallest absolute Gasteiger partial charge is 0.0252 e. The third-order valence-corrected chi connectivity index (χ3v) is 5.22. The molecule has 2 rings (SSSR count). The predicted molar refractivity (Wildman–Crippen MR) is 82.4 cm³/mol. The Bertz CT molecular complexity index is 249. The predicted octanol–water partition coefficient (Wildman–Crippen LogP) is 2.98. The Morgan fingerprint density at radius 3 is 2.61 bits per heavy atom. The number of hydrogen-bond donors (Lipinski definition) is 1. The maximum Gasteiger partial charge on any atom is 0.0252 e. The summed E-state index contributed by atoms with van der Waals surface area (Å²) in [7, 11) is 0. The molecule has 18 heavy (non-hydrogen) atoms. The van der Waals surface area contributed by atoms with Gasteiger partial charge in [0.15, 0.2) is 0 Å². The van der Waals surface area contributed by atoms with Gasteiger partial charge in [-0.3, -0.25) is 4.90 Å². The van der Waals surface area contributed by atoms with Crippen LogP contribution < -0.4 is 5.32 Å². The molecule has 3 heteroatoms. The molecule has 1 atom stereocenters. The van der Waals surface area contributed by atoms with Gasteiger partial charge in [-0.2, -0.15) is 11.8 Å². The molecule has 2 aliphatic rings. The molecule has 0 radical (unpaired) electrons. The van der Waals surface area contributed by atoms with E-state index in [0.29, 0.717) is 5.54 Å². The third-order valence-electron chi connectivity index (χ3n) is 4.63. The van der Waals surface area contributed by atoms with Crippen LogP contribution in [0.1, 0.15) is 46.0 Å². The van der Waals surface area contributed by atoms with Crippen LogP contribution in [0.15, 0.2) is 0 Å².